The van der Waals surface area contributed by atoms with Crippen LogP contribution in [-0.2, 0) is 4.79 Å². The Kier molecular flexibility index (Phi) is 9.04. The van der Waals surface area contributed by atoms with Crippen molar-refractivity contribution < 1.29 is 19.1 Å². The molecule has 1 aromatic carbocycles. The number of halogens is 1. The van der Waals surface area contributed by atoms with E-state index in [0.717, 1.165) is 13.0 Å². The summed E-state index contributed by atoms with van der Waals surface area (Å²) >= 11 is 6.39. The Morgan fingerprint density at radius 2 is 1.97 bits per heavy atom. The number of carbonyl (C=O) groups is 2. The van der Waals surface area contributed by atoms with E-state index in [9.17, 15) is 9.59 Å². The van der Waals surface area contributed by atoms with Gasteiger partial charge < -0.3 is 19.7 Å². The molecule has 0 spiro atoms. The van der Waals surface area contributed by atoms with Crippen molar-refractivity contribution in [2.24, 2.45) is 5.92 Å². The molecule has 162 valence electrons. The van der Waals surface area contributed by atoms with Crippen LogP contribution in [0.15, 0.2) is 12.1 Å². The number of nitrogens with one attached hydrogen (secondary N) is 1. The first-order valence-electron chi connectivity index (χ1n) is 10.1. The first-order chi connectivity index (χ1) is 13.8. The number of nitrogens with zero attached hydrogens (tertiary/aromatic N) is 2. The highest BCUT2D eigenvalue weighted by Crippen LogP contribution is 2.37. The molecule has 7 nitrogen and oxygen atoms in total. The lowest BCUT2D eigenvalue weighted by Crippen LogP contribution is -2.40. The number of carbonyl (C=O) groups excluding carboxylic acids is 2. The first kappa shape index (κ1) is 23.3. The summed E-state index contributed by atoms with van der Waals surface area (Å²) in [6, 6.07) is 3.32. The molecular formula is C21H32ClN3O4. The fourth-order valence-corrected chi connectivity index (χ4v) is 3.47. The lowest BCUT2D eigenvalue weighted by molar-refractivity contribution is -0.122. The van der Waals surface area contributed by atoms with Crippen LogP contribution in [0.2, 0.25) is 5.02 Å². The summed E-state index contributed by atoms with van der Waals surface area (Å²) in [7, 11) is 1.54. The summed E-state index contributed by atoms with van der Waals surface area (Å²) in [5.74, 6) is 1.18. The molecule has 0 saturated carbocycles. The van der Waals surface area contributed by atoms with Crippen LogP contribution in [0.3, 0.4) is 0 Å². The summed E-state index contributed by atoms with van der Waals surface area (Å²) in [6.45, 7) is 10.1. The van der Waals surface area contributed by atoms with E-state index in [1.165, 1.54) is 7.11 Å². The normalized spacial score (nSPS) is 15.2. The summed E-state index contributed by atoms with van der Waals surface area (Å²) in [4.78, 5) is 28.8. The van der Waals surface area contributed by atoms with Crippen LogP contribution in [0, 0.1) is 5.92 Å². The Labute approximate surface area is 178 Å². The highest BCUT2D eigenvalue weighted by molar-refractivity contribution is 6.32. The van der Waals surface area contributed by atoms with Crippen molar-refractivity contribution in [3.8, 4) is 11.5 Å². The van der Waals surface area contributed by atoms with Crippen LogP contribution in [0.25, 0.3) is 0 Å². The average Bonchev–Trinajstić information content (AvgIpc) is 2.91. The van der Waals surface area contributed by atoms with Gasteiger partial charge in [0.15, 0.2) is 11.5 Å². The molecule has 8 heteroatoms. The van der Waals surface area contributed by atoms with Crippen molar-refractivity contribution in [3.63, 3.8) is 0 Å². The first-order valence-corrected chi connectivity index (χ1v) is 10.5. The minimum atomic E-state index is -0.0968. The molecule has 1 aliphatic rings. The van der Waals surface area contributed by atoms with E-state index in [0.29, 0.717) is 67.3 Å². The molecular weight excluding hydrogens is 394 g/mol. The second-order valence-corrected chi connectivity index (χ2v) is 7.98. The molecule has 2 amide bonds. The van der Waals surface area contributed by atoms with Crippen molar-refractivity contribution in [2.45, 2.75) is 27.2 Å². The van der Waals surface area contributed by atoms with Gasteiger partial charge in [-0.1, -0.05) is 25.4 Å². The van der Waals surface area contributed by atoms with Gasteiger partial charge in [0.1, 0.15) is 0 Å². The highest BCUT2D eigenvalue weighted by atomic mass is 35.5. The minimum Gasteiger partial charge on any atom is -0.493 e. The lowest BCUT2D eigenvalue weighted by Gasteiger charge is -2.22. The maximum Gasteiger partial charge on any atom is 0.254 e. The predicted octanol–water partition coefficient (Wildman–Crippen LogP) is 2.67. The predicted molar refractivity (Wildman–Crippen MR) is 114 cm³/mol. The van der Waals surface area contributed by atoms with Gasteiger partial charge in [-0.2, -0.15) is 0 Å². The Morgan fingerprint density at radius 3 is 2.62 bits per heavy atom. The molecule has 0 atom stereocenters. The average molecular weight is 426 g/mol. The van der Waals surface area contributed by atoms with Crippen molar-refractivity contribution >= 4 is 23.4 Å². The number of hydrogen-bond donors (Lipinski definition) is 1. The number of likely N-dealkylation sites (N-methyl/N-ethyl adjacent to an activating group) is 1. The SMILES string of the molecule is CCNC(=O)CN1CCCN(C(=O)c2cc(Cl)c(OCC(C)C)c(OC)c2)CC1. The van der Waals surface area contributed by atoms with Gasteiger partial charge in [0.2, 0.25) is 5.91 Å². The lowest BCUT2D eigenvalue weighted by atomic mass is 10.1. The summed E-state index contributed by atoms with van der Waals surface area (Å²) in [6.07, 6.45) is 0.811. The van der Waals surface area contributed by atoms with Crippen LogP contribution in [-0.4, -0.2) is 74.6 Å². The van der Waals surface area contributed by atoms with Gasteiger partial charge in [0.05, 0.1) is 25.3 Å². The molecule has 1 aromatic rings. The van der Waals surface area contributed by atoms with Gasteiger partial charge in [-0.25, -0.2) is 0 Å². The van der Waals surface area contributed by atoms with Gasteiger partial charge in [0, 0.05) is 38.3 Å². The molecule has 1 heterocycles. The largest absolute Gasteiger partial charge is 0.493 e. The topological polar surface area (TPSA) is 71.1 Å². The maximum atomic E-state index is 13.1. The highest BCUT2D eigenvalue weighted by Gasteiger charge is 2.23. The van der Waals surface area contributed by atoms with E-state index in [-0.39, 0.29) is 11.8 Å². The zero-order valence-electron chi connectivity index (χ0n) is 17.8. The van der Waals surface area contributed by atoms with Crippen molar-refractivity contribution in [3.05, 3.63) is 22.7 Å². The third-order valence-corrected chi connectivity index (χ3v) is 4.94. The molecule has 0 aromatic heterocycles. The summed E-state index contributed by atoms with van der Waals surface area (Å²) in [5.41, 5.74) is 0.473. The Bertz CT molecular complexity index is 711. The fraction of sp³-hybridized carbons (Fsp3) is 0.619. The molecule has 0 radical (unpaired) electrons. The van der Waals surface area contributed by atoms with Crippen molar-refractivity contribution in [2.75, 3.05) is 53.0 Å². The number of benzene rings is 1. The van der Waals surface area contributed by atoms with Gasteiger partial charge in [0.25, 0.3) is 5.91 Å². The number of amides is 2. The molecule has 2 rings (SSSR count). The van der Waals surface area contributed by atoms with Crippen LogP contribution >= 0.6 is 11.6 Å². The van der Waals surface area contributed by atoms with Crippen molar-refractivity contribution in [1.82, 2.24) is 15.1 Å². The van der Waals surface area contributed by atoms with E-state index in [1.807, 2.05) is 20.8 Å². The third-order valence-electron chi connectivity index (χ3n) is 4.65. The fourth-order valence-electron chi connectivity index (χ4n) is 3.20. The third kappa shape index (κ3) is 6.78. The molecule has 0 aliphatic carbocycles. The second-order valence-electron chi connectivity index (χ2n) is 7.57. The maximum absolute atomic E-state index is 13.1. The Morgan fingerprint density at radius 1 is 1.21 bits per heavy atom. The monoisotopic (exact) mass is 425 g/mol. The molecule has 29 heavy (non-hydrogen) atoms. The van der Waals surface area contributed by atoms with Crippen LogP contribution in [0.5, 0.6) is 11.5 Å². The number of rotatable bonds is 8. The second kappa shape index (κ2) is 11.3. The van der Waals surface area contributed by atoms with E-state index >= 15 is 0 Å². The number of hydrogen-bond acceptors (Lipinski definition) is 5. The van der Waals surface area contributed by atoms with Crippen molar-refractivity contribution in [1.29, 1.82) is 0 Å². The van der Waals surface area contributed by atoms with E-state index in [1.54, 1.807) is 17.0 Å². The molecule has 0 bridgehead atoms. The quantitative estimate of drug-likeness (QED) is 0.693. The van der Waals surface area contributed by atoms with Gasteiger partial charge in [-0.3, -0.25) is 14.5 Å². The number of ether oxygens (including phenoxy) is 2. The molecule has 1 fully saturated rings. The van der Waals surface area contributed by atoms with Gasteiger partial charge in [-0.15, -0.1) is 0 Å². The van der Waals surface area contributed by atoms with E-state index in [2.05, 4.69) is 10.2 Å². The minimum absolute atomic E-state index is 0.0146. The van der Waals surface area contributed by atoms with Crippen LogP contribution < -0.4 is 14.8 Å². The van der Waals surface area contributed by atoms with Crippen LogP contribution in [0.1, 0.15) is 37.6 Å². The van der Waals surface area contributed by atoms with Gasteiger partial charge >= 0.3 is 0 Å². The zero-order valence-corrected chi connectivity index (χ0v) is 18.6. The standard InChI is InChI=1S/C21H32ClN3O4/c1-5-23-19(26)13-24-7-6-8-25(10-9-24)21(27)16-11-17(22)20(18(12-16)28-4)29-14-15(2)3/h11-12,15H,5-10,13-14H2,1-4H3,(H,23,26). The Hall–Kier alpha value is -1.99. The smallest absolute Gasteiger partial charge is 0.254 e. The van der Waals surface area contributed by atoms with E-state index < -0.39 is 0 Å². The summed E-state index contributed by atoms with van der Waals surface area (Å²) in [5, 5.41) is 3.17. The van der Waals surface area contributed by atoms with E-state index in [4.69, 9.17) is 21.1 Å². The molecule has 0 unspecified atom stereocenters. The molecule has 1 saturated heterocycles. The van der Waals surface area contributed by atoms with Crippen LogP contribution in [0.4, 0.5) is 0 Å². The zero-order chi connectivity index (χ0) is 21.4. The Balaban J connectivity index is 2.07. The molecule has 1 aliphatic heterocycles. The summed E-state index contributed by atoms with van der Waals surface area (Å²) < 4.78 is 11.2. The molecule has 1 N–H and O–H groups in total. The van der Waals surface area contributed by atoms with Gasteiger partial charge in [-0.05, 0) is 31.4 Å². The number of methoxy groups -OCH3 is 1.